The van der Waals surface area contributed by atoms with Gasteiger partial charge in [0.25, 0.3) is 0 Å². The number of hydrogen-bond donors (Lipinski definition) is 5. The van der Waals surface area contributed by atoms with Gasteiger partial charge in [-0.2, -0.15) is 0 Å². The van der Waals surface area contributed by atoms with Gasteiger partial charge in [-0.05, 0) is 111 Å². The van der Waals surface area contributed by atoms with Crippen LogP contribution in [0.2, 0.25) is 0 Å². The molecule has 5 N–H and O–H groups in total. The summed E-state index contributed by atoms with van der Waals surface area (Å²) in [6, 6.07) is 0. The van der Waals surface area contributed by atoms with E-state index in [0.29, 0.717) is 31.6 Å². The molecule has 0 aromatic carbocycles. The minimum atomic E-state index is -1.36. The van der Waals surface area contributed by atoms with Crippen LogP contribution in [-0.2, 0) is 19.1 Å². The second kappa shape index (κ2) is 10.7. The van der Waals surface area contributed by atoms with Crippen LogP contribution in [0.25, 0.3) is 0 Å². The first kappa shape index (κ1) is 33.4. The van der Waals surface area contributed by atoms with Crippen molar-refractivity contribution in [3.8, 4) is 0 Å². The quantitative estimate of drug-likeness (QED) is 0.213. The van der Waals surface area contributed by atoms with E-state index in [4.69, 9.17) is 9.47 Å². The van der Waals surface area contributed by atoms with Crippen LogP contribution >= 0.6 is 0 Å². The molecule has 4 saturated carbocycles. The SMILES string of the molecule is C[C@H]1[C@H](C)CC[C@]2(C(=O)O)CC[C@]3(C(=O)O)C(=CC[C@@H]4[C@@]5(C)CC[C@H](O[C@@H]6O[C@H](C)[C@@H](O)[C@H](O)[C@@H]6O)C(C)(C)[C@@H]5CC[C@]43C)[C@H]12. The van der Waals surface area contributed by atoms with Crippen molar-refractivity contribution in [2.24, 2.45) is 56.7 Å². The zero-order chi connectivity index (χ0) is 33.1. The minimum absolute atomic E-state index is 0.0958. The first-order valence-corrected chi connectivity index (χ1v) is 17.4. The molecule has 0 aromatic heterocycles. The molecule has 1 aliphatic heterocycles. The lowest BCUT2D eigenvalue weighted by Crippen LogP contribution is -2.68. The smallest absolute Gasteiger partial charge is 0.314 e. The fraction of sp³-hybridized carbons (Fsp3) is 0.889. The third kappa shape index (κ3) is 4.28. The van der Waals surface area contributed by atoms with Gasteiger partial charge >= 0.3 is 11.9 Å². The van der Waals surface area contributed by atoms with E-state index in [1.54, 1.807) is 6.92 Å². The van der Waals surface area contributed by atoms with Crippen molar-refractivity contribution in [1.82, 2.24) is 0 Å². The number of carboxylic acids is 2. The predicted octanol–water partition coefficient (Wildman–Crippen LogP) is 5.01. The molecule has 15 atom stereocenters. The zero-order valence-corrected chi connectivity index (χ0v) is 28.2. The maximum atomic E-state index is 13.8. The monoisotopic (exact) mass is 632 g/mol. The number of carbonyl (C=O) groups is 2. The van der Waals surface area contributed by atoms with Crippen molar-refractivity contribution < 1.29 is 44.6 Å². The van der Waals surface area contributed by atoms with Gasteiger partial charge in [-0.15, -0.1) is 0 Å². The van der Waals surface area contributed by atoms with Crippen molar-refractivity contribution >= 4 is 11.9 Å². The molecule has 254 valence electrons. The number of aliphatic hydroxyl groups excluding tert-OH is 3. The maximum Gasteiger partial charge on any atom is 0.314 e. The highest BCUT2D eigenvalue weighted by molar-refractivity contribution is 5.84. The molecule has 6 aliphatic rings. The Morgan fingerprint density at radius 3 is 2.16 bits per heavy atom. The van der Waals surface area contributed by atoms with Crippen LogP contribution in [0.5, 0.6) is 0 Å². The van der Waals surface area contributed by atoms with Crippen molar-refractivity contribution in [1.29, 1.82) is 0 Å². The Morgan fingerprint density at radius 2 is 1.51 bits per heavy atom. The highest BCUT2D eigenvalue weighted by Crippen LogP contribution is 2.76. The van der Waals surface area contributed by atoms with E-state index in [1.807, 2.05) is 0 Å². The number of aliphatic hydroxyl groups is 3. The van der Waals surface area contributed by atoms with Gasteiger partial charge in [0.05, 0.1) is 23.0 Å². The fourth-order valence-electron chi connectivity index (χ4n) is 12.5. The van der Waals surface area contributed by atoms with Crippen LogP contribution in [0.1, 0.15) is 106 Å². The first-order valence-electron chi connectivity index (χ1n) is 17.4. The minimum Gasteiger partial charge on any atom is -0.481 e. The Morgan fingerprint density at radius 1 is 0.822 bits per heavy atom. The Bertz CT molecular complexity index is 1250. The molecule has 1 saturated heterocycles. The number of carboxylic acid groups (broad SMARTS) is 2. The second-order valence-electron chi connectivity index (χ2n) is 17.2. The Labute approximate surface area is 267 Å². The van der Waals surface area contributed by atoms with Crippen LogP contribution in [0.15, 0.2) is 11.6 Å². The van der Waals surface area contributed by atoms with Crippen LogP contribution in [-0.4, -0.2) is 74.3 Å². The van der Waals surface area contributed by atoms with Gasteiger partial charge < -0.3 is 35.0 Å². The van der Waals surface area contributed by atoms with Gasteiger partial charge in [0.2, 0.25) is 0 Å². The van der Waals surface area contributed by atoms with Gasteiger partial charge in [0, 0.05) is 0 Å². The number of fused-ring (bicyclic) bond motifs is 7. The lowest BCUT2D eigenvalue weighted by atomic mass is 9.33. The Kier molecular flexibility index (Phi) is 7.97. The summed E-state index contributed by atoms with van der Waals surface area (Å²) in [4.78, 5) is 26.8. The van der Waals surface area contributed by atoms with Gasteiger partial charge in [-0.3, -0.25) is 9.59 Å². The van der Waals surface area contributed by atoms with Crippen LogP contribution < -0.4 is 0 Å². The number of rotatable bonds is 4. The van der Waals surface area contributed by atoms with Crippen LogP contribution in [0.3, 0.4) is 0 Å². The van der Waals surface area contributed by atoms with Crippen molar-refractivity contribution in [3.05, 3.63) is 11.6 Å². The van der Waals surface area contributed by atoms with Crippen molar-refractivity contribution in [3.63, 3.8) is 0 Å². The summed E-state index contributed by atoms with van der Waals surface area (Å²) < 4.78 is 12.3. The predicted molar refractivity (Wildman–Crippen MR) is 166 cm³/mol. The summed E-state index contributed by atoms with van der Waals surface area (Å²) >= 11 is 0. The van der Waals surface area contributed by atoms with Crippen molar-refractivity contribution in [2.75, 3.05) is 0 Å². The third-order valence-corrected chi connectivity index (χ3v) is 15.3. The van der Waals surface area contributed by atoms with E-state index in [-0.39, 0.29) is 40.6 Å². The van der Waals surface area contributed by atoms with E-state index in [0.717, 1.165) is 37.7 Å². The molecule has 5 fully saturated rings. The highest BCUT2D eigenvalue weighted by Gasteiger charge is 2.73. The first-order chi connectivity index (χ1) is 20.9. The lowest BCUT2D eigenvalue weighted by molar-refractivity contribution is -0.324. The van der Waals surface area contributed by atoms with E-state index >= 15 is 0 Å². The molecule has 45 heavy (non-hydrogen) atoms. The average molecular weight is 633 g/mol. The summed E-state index contributed by atoms with van der Waals surface area (Å²) in [6.45, 7) is 15.0. The lowest BCUT2D eigenvalue weighted by Gasteiger charge is -2.70. The van der Waals surface area contributed by atoms with Crippen molar-refractivity contribution in [2.45, 2.75) is 143 Å². The summed E-state index contributed by atoms with van der Waals surface area (Å²) in [5, 5.41) is 53.2. The summed E-state index contributed by atoms with van der Waals surface area (Å²) in [5.74, 6) is -1.08. The number of aliphatic carboxylic acids is 2. The zero-order valence-electron chi connectivity index (χ0n) is 28.2. The molecule has 0 radical (unpaired) electrons. The van der Waals surface area contributed by atoms with Gasteiger partial charge in [-0.1, -0.05) is 53.2 Å². The molecule has 0 amide bonds. The Balaban J connectivity index is 1.35. The molecule has 0 aromatic rings. The van der Waals surface area contributed by atoms with Crippen LogP contribution in [0.4, 0.5) is 0 Å². The molecule has 9 heteroatoms. The molecule has 0 unspecified atom stereocenters. The number of allylic oxidation sites excluding steroid dienone is 1. The van der Waals surface area contributed by atoms with Gasteiger partial charge in [-0.25, -0.2) is 0 Å². The summed E-state index contributed by atoms with van der Waals surface area (Å²) in [6.07, 6.45) is 2.36. The fourth-order valence-corrected chi connectivity index (χ4v) is 12.5. The number of hydrogen-bond acceptors (Lipinski definition) is 7. The molecular formula is C36H56O9. The topological polar surface area (TPSA) is 154 Å². The summed E-state index contributed by atoms with van der Waals surface area (Å²) in [7, 11) is 0. The number of ether oxygens (including phenoxy) is 2. The molecule has 0 bridgehead atoms. The average Bonchev–Trinajstić information content (AvgIpc) is 2.97. The largest absolute Gasteiger partial charge is 0.481 e. The third-order valence-electron chi connectivity index (χ3n) is 15.3. The maximum absolute atomic E-state index is 13.8. The van der Waals surface area contributed by atoms with E-state index < -0.39 is 58.9 Å². The normalized spacial score (nSPS) is 54.0. The van der Waals surface area contributed by atoms with E-state index in [1.165, 1.54) is 0 Å². The summed E-state index contributed by atoms with van der Waals surface area (Å²) in [5.41, 5.74) is -2.13. The van der Waals surface area contributed by atoms with Gasteiger partial charge in [0.1, 0.15) is 18.3 Å². The van der Waals surface area contributed by atoms with Gasteiger partial charge in [0.15, 0.2) is 6.29 Å². The molecule has 5 aliphatic carbocycles. The molecular weight excluding hydrogens is 576 g/mol. The molecule has 6 rings (SSSR count). The van der Waals surface area contributed by atoms with E-state index in [9.17, 15) is 35.1 Å². The molecule has 1 heterocycles. The Hall–Kier alpha value is -1.52. The standard InChI is InChI=1S/C36H56O9/c1-18-10-15-35(30(40)41)16-17-36(31(42)43)21(25(35)19(18)2)8-9-23-33(6)13-12-24(32(4,5)22(33)11-14-34(23,36)7)45-29-28(39)27(38)26(37)20(3)44-29/h8,18-20,22-29,37-39H,9-17H2,1-7H3,(H,40,41)(H,42,43)/t18-,19+,20-,22+,23-,24+,25+,26-,27+,28+,29+,33+,34-,35+,36-/m1/s1. The van der Waals surface area contributed by atoms with E-state index in [2.05, 4.69) is 47.6 Å². The molecule has 0 spiro atoms. The second-order valence-corrected chi connectivity index (χ2v) is 17.2. The molecule has 9 nitrogen and oxygen atoms in total. The van der Waals surface area contributed by atoms with Crippen LogP contribution in [0, 0.1) is 56.7 Å². The highest BCUT2D eigenvalue weighted by atomic mass is 16.7.